The van der Waals surface area contributed by atoms with Crippen LogP contribution in [0.5, 0.6) is 0 Å². The molecule has 4 N–H and O–H groups in total. The summed E-state index contributed by atoms with van der Waals surface area (Å²) in [5, 5.41) is 12.8. The Morgan fingerprint density at radius 3 is 2.46 bits per heavy atom. The molecule has 2 amide bonds. The fourth-order valence-corrected chi connectivity index (χ4v) is 5.18. The molecule has 0 spiro atoms. The summed E-state index contributed by atoms with van der Waals surface area (Å²) < 4.78 is 0. The Morgan fingerprint density at radius 1 is 1.19 bits per heavy atom. The second kappa shape index (κ2) is 8.63. The number of hydrogen-bond acceptors (Lipinski definition) is 4. The lowest BCUT2D eigenvalue weighted by Gasteiger charge is -2.43. The molecule has 3 rings (SSSR count). The molecule has 6 atom stereocenters. The van der Waals surface area contributed by atoms with Crippen molar-refractivity contribution in [2.24, 2.45) is 23.5 Å². The third-order valence-corrected chi connectivity index (χ3v) is 7.45. The number of aliphatic hydroxyl groups is 1. The summed E-state index contributed by atoms with van der Waals surface area (Å²) in [6, 6.07) is -0.123. The zero-order chi connectivity index (χ0) is 18.8. The van der Waals surface area contributed by atoms with E-state index in [4.69, 9.17) is 28.9 Å². The predicted molar refractivity (Wildman–Crippen MR) is 101 cm³/mol. The molecule has 148 valence electrons. The van der Waals surface area contributed by atoms with Gasteiger partial charge in [-0.15, -0.1) is 23.2 Å². The van der Waals surface area contributed by atoms with E-state index in [1.165, 1.54) is 0 Å². The topological polar surface area (TPSA) is 95.7 Å². The van der Waals surface area contributed by atoms with E-state index in [2.05, 4.69) is 5.32 Å². The molecule has 0 radical (unpaired) electrons. The minimum atomic E-state index is -0.506. The standard InChI is InChI=1S/C18H29Cl2N3O3/c19-13-7-12(15(24)8-14(13)20)17(21)10-3-5-23(6-4-10)18(26)11-1-2-16(25)22-9-11/h10-15,17,24H,1-9,21H2,(H,22,25)/t11?,12?,13?,14?,15?,17-/m1/s1. The van der Waals surface area contributed by atoms with Crippen LogP contribution in [0.1, 0.15) is 38.5 Å². The van der Waals surface area contributed by atoms with E-state index in [0.29, 0.717) is 45.3 Å². The maximum absolute atomic E-state index is 12.6. The lowest BCUT2D eigenvalue weighted by atomic mass is 9.74. The molecule has 26 heavy (non-hydrogen) atoms. The first-order chi connectivity index (χ1) is 12.4. The largest absolute Gasteiger partial charge is 0.393 e. The first-order valence-corrected chi connectivity index (χ1v) is 10.5. The van der Waals surface area contributed by atoms with Crippen LogP contribution in [0, 0.1) is 17.8 Å². The van der Waals surface area contributed by atoms with Gasteiger partial charge in [-0.25, -0.2) is 0 Å². The second-order valence-electron chi connectivity index (χ2n) is 8.01. The number of likely N-dealkylation sites (tertiary alicyclic amines) is 1. The Bertz CT molecular complexity index is 518. The van der Waals surface area contributed by atoms with Gasteiger partial charge < -0.3 is 21.1 Å². The number of aliphatic hydroxyl groups excluding tert-OH is 1. The molecular formula is C18H29Cl2N3O3. The number of hydrogen-bond donors (Lipinski definition) is 3. The summed E-state index contributed by atoms with van der Waals surface area (Å²) in [4.78, 5) is 25.8. The molecule has 0 aromatic rings. The van der Waals surface area contributed by atoms with Crippen LogP contribution in [0.4, 0.5) is 0 Å². The van der Waals surface area contributed by atoms with Crippen molar-refractivity contribution in [1.29, 1.82) is 0 Å². The average Bonchev–Trinajstić information content (AvgIpc) is 2.64. The Labute approximate surface area is 164 Å². The number of carbonyl (C=O) groups excluding carboxylic acids is 2. The summed E-state index contributed by atoms with van der Waals surface area (Å²) >= 11 is 12.4. The molecule has 2 saturated heterocycles. The molecule has 3 fully saturated rings. The third kappa shape index (κ3) is 4.46. The number of piperidine rings is 2. The molecule has 8 heteroatoms. The first-order valence-electron chi connectivity index (χ1n) is 9.64. The van der Waals surface area contributed by atoms with Crippen molar-refractivity contribution in [1.82, 2.24) is 10.2 Å². The third-order valence-electron chi connectivity index (χ3n) is 6.36. The number of nitrogens with one attached hydrogen (secondary N) is 1. The highest BCUT2D eigenvalue weighted by Gasteiger charge is 2.41. The van der Waals surface area contributed by atoms with Crippen molar-refractivity contribution in [3.05, 3.63) is 0 Å². The summed E-state index contributed by atoms with van der Waals surface area (Å²) in [6.07, 6.45) is 3.36. The van der Waals surface area contributed by atoms with Crippen molar-refractivity contribution in [2.45, 2.75) is 61.4 Å². The van der Waals surface area contributed by atoms with Crippen molar-refractivity contribution in [2.75, 3.05) is 19.6 Å². The molecule has 1 saturated carbocycles. The number of nitrogens with two attached hydrogens (primary N) is 1. The van der Waals surface area contributed by atoms with Gasteiger partial charge in [-0.05, 0) is 38.0 Å². The highest BCUT2D eigenvalue weighted by Crippen LogP contribution is 2.37. The van der Waals surface area contributed by atoms with Crippen molar-refractivity contribution in [3.8, 4) is 0 Å². The molecule has 0 aromatic carbocycles. The van der Waals surface area contributed by atoms with Gasteiger partial charge in [0.15, 0.2) is 0 Å². The molecule has 0 aromatic heterocycles. The Balaban J connectivity index is 1.50. The molecule has 2 aliphatic heterocycles. The highest BCUT2D eigenvalue weighted by atomic mass is 35.5. The fraction of sp³-hybridized carbons (Fsp3) is 0.889. The summed E-state index contributed by atoms with van der Waals surface area (Å²) in [5.74, 6) is 0.312. The smallest absolute Gasteiger partial charge is 0.227 e. The maximum Gasteiger partial charge on any atom is 0.227 e. The van der Waals surface area contributed by atoms with E-state index >= 15 is 0 Å². The number of amides is 2. The SMILES string of the molecule is N[C@H](C1CCN(C(=O)C2CCC(=O)NC2)CC1)C1CC(Cl)C(Cl)CC1O. The van der Waals surface area contributed by atoms with Gasteiger partial charge in [-0.2, -0.15) is 0 Å². The minimum Gasteiger partial charge on any atom is -0.393 e. The summed E-state index contributed by atoms with van der Waals surface area (Å²) in [7, 11) is 0. The molecular weight excluding hydrogens is 377 g/mol. The average molecular weight is 406 g/mol. The molecule has 2 heterocycles. The molecule has 1 aliphatic carbocycles. The number of nitrogens with zero attached hydrogens (tertiary/aromatic N) is 1. The van der Waals surface area contributed by atoms with Crippen LogP contribution in [0.25, 0.3) is 0 Å². The van der Waals surface area contributed by atoms with Crippen molar-refractivity contribution < 1.29 is 14.7 Å². The number of halogens is 2. The summed E-state index contributed by atoms with van der Waals surface area (Å²) in [6.45, 7) is 1.82. The van der Waals surface area contributed by atoms with E-state index in [1.807, 2.05) is 4.90 Å². The molecule has 6 nitrogen and oxygen atoms in total. The quantitative estimate of drug-likeness (QED) is 0.611. The van der Waals surface area contributed by atoms with Gasteiger partial charge in [-0.3, -0.25) is 9.59 Å². The van der Waals surface area contributed by atoms with Crippen LogP contribution in [-0.4, -0.2) is 64.4 Å². The van der Waals surface area contributed by atoms with Crippen LogP contribution >= 0.6 is 23.2 Å². The first kappa shape index (κ1) is 20.2. The van der Waals surface area contributed by atoms with Crippen molar-refractivity contribution in [3.63, 3.8) is 0 Å². The number of carbonyl (C=O) groups is 2. The Kier molecular flexibility index (Phi) is 6.70. The van der Waals surface area contributed by atoms with E-state index in [0.717, 1.165) is 12.8 Å². The van der Waals surface area contributed by atoms with Gasteiger partial charge in [0.1, 0.15) is 0 Å². The van der Waals surface area contributed by atoms with Crippen LogP contribution < -0.4 is 11.1 Å². The normalized spacial score (nSPS) is 37.9. The van der Waals surface area contributed by atoms with E-state index in [1.54, 1.807) is 0 Å². The van der Waals surface area contributed by atoms with Crippen LogP contribution in [0.3, 0.4) is 0 Å². The zero-order valence-electron chi connectivity index (χ0n) is 14.9. The highest BCUT2D eigenvalue weighted by molar-refractivity contribution is 6.30. The lowest BCUT2D eigenvalue weighted by molar-refractivity contribution is -0.139. The molecule has 3 aliphatic rings. The Morgan fingerprint density at radius 2 is 1.85 bits per heavy atom. The molecule has 5 unspecified atom stereocenters. The van der Waals surface area contributed by atoms with Gasteiger partial charge in [0.05, 0.1) is 22.8 Å². The number of alkyl halides is 2. The van der Waals surface area contributed by atoms with Crippen LogP contribution in [-0.2, 0) is 9.59 Å². The van der Waals surface area contributed by atoms with Crippen molar-refractivity contribution >= 4 is 35.0 Å². The maximum atomic E-state index is 12.6. The van der Waals surface area contributed by atoms with Crippen LogP contribution in [0.2, 0.25) is 0 Å². The Hall–Kier alpha value is -0.560. The van der Waals surface area contributed by atoms with Gasteiger partial charge in [0, 0.05) is 38.0 Å². The lowest BCUT2D eigenvalue weighted by Crippen LogP contribution is -2.53. The van der Waals surface area contributed by atoms with Gasteiger partial charge >= 0.3 is 0 Å². The van der Waals surface area contributed by atoms with E-state index < -0.39 is 6.10 Å². The minimum absolute atomic E-state index is 0.0292. The van der Waals surface area contributed by atoms with E-state index in [-0.39, 0.29) is 46.4 Å². The predicted octanol–water partition coefficient (Wildman–Crippen LogP) is 1.06. The van der Waals surface area contributed by atoms with Crippen LogP contribution in [0.15, 0.2) is 0 Å². The monoisotopic (exact) mass is 405 g/mol. The number of rotatable bonds is 3. The van der Waals surface area contributed by atoms with Gasteiger partial charge in [0.25, 0.3) is 0 Å². The fourth-order valence-electron chi connectivity index (χ4n) is 4.59. The second-order valence-corrected chi connectivity index (χ2v) is 9.14. The summed E-state index contributed by atoms with van der Waals surface area (Å²) in [5.41, 5.74) is 6.49. The van der Waals surface area contributed by atoms with E-state index in [9.17, 15) is 14.7 Å². The molecule has 0 bridgehead atoms. The van der Waals surface area contributed by atoms with Gasteiger partial charge in [-0.1, -0.05) is 0 Å². The zero-order valence-corrected chi connectivity index (χ0v) is 16.5. The van der Waals surface area contributed by atoms with Gasteiger partial charge in [0.2, 0.25) is 11.8 Å².